The molecule has 0 saturated heterocycles. The van der Waals surface area contributed by atoms with E-state index >= 15 is 0 Å². The molecule has 0 saturated carbocycles. The lowest BCUT2D eigenvalue weighted by Crippen LogP contribution is -2.19. The highest BCUT2D eigenvalue weighted by Crippen LogP contribution is 2.37. The van der Waals surface area contributed by atoms with Crippen LogP contribution in [0.25, 0.3) is 0 Å². The molecule has 3 aromatic rings. The highest BCUT2D eigenvalue weighted by molar-refractivity contribution is 8.00. The van der Waals surface area contributed by atoms with Gasteiger partial charge in [-0.2, -0.15) is 0 Å². The normalized spacial score (nSPS) is 11.6. The number of carbonyl (C=O) groups is 2. The largest absolute Gasteiger partial charge is 0.326 e. The highest BCUT2D eigenvalue weighted by Gasteiger charge is 2.22. The summed E-state index contributed by atoms with van der Waals surface area (Å²) in [5.41, 5.74) is 4.63. The Morgan fingerprint density at radius 3 is 2.21 bits per heavy atom. The van der Waals surface area contributed by atoms with Crippen molar-refractivity contribution in [3.8, 4) is 0 Å². The SMILES string of the molecule is CC(=O)Nc1ccc(SC(C(=O)Nc2cc(C)ccc2C)c2ccccc2)cc1. The van der Waals surface area contributed by atoms with E-state index in [0.29, 0.717) is 0 Å². The van der Waals surface area contributed by atoms with Crippen LogP contribution in [-0.4, -0.2) is 11.8 Å². The third kappa shape index (κ3) is 5.72. The number of nitrogens with one attached hydrogen (secondary N) is 2. The Bertz CT molecular complexity index is 1000. The lowest BCUT2D eigenvalue weighted by Gasteiger charge is -2.18. The van der Waals surface area contributed by atoms with E-state index in [9.17, 15) is 9.59 Å². The van der Waals surface area contributed by atoms with Crippen LogP contribution in [0.2, 0.25) is 0 Å². The molecule has 5 heteroatoms. The van der Waals surface area contributed by atoms with E-state index in [4.69, 9.17) is 0 Å². The number of rotatable bonds is 6. The monoisotopic (exact) mass is 404 g/mol. The fraction of sp³-hybridized carbons (Fsp3) is 0.167. The number of thioether (sulfide) groups is 1. The summed E-state index contributed by atoms with van der Waals surface area (Å²) in [6, 6.07) is 23.3. The van der Waals surface area contributed by atoms with Gasteiger partial charge in [-0.1, -0.05) is 42.5 Å². The third-order valence-corrected chi connectivity index (χ3v) is 5.69. The Balaban J connectivity index is 1.84. The van der Waals surface area contributed by atoms with Crippen molar-refractivity contribution in [2.24, 2.45) is 0 Å². The van der Waals surface area contributed by atoms with Gasteiger partial charge in [-0.25, -0.2) is 0 Å². The second-order valence-electron chi connectivity index (χ2n) is 6.92. The van der Waals surface area contributed by atoms with Crippen LogP contribution in [0.4, 0.5) is 11.4 Å². The van der Waals surface area contributed by atoms with Crippen LogP contribution < -0.4 is 10.6 Å². The first-order chi connectivity index (χ1) is 13.9. The number of hydrogen-bond acceptors (Lipinski definition) is 3. The summed E-state index contributed by atoms with van der Waals surface area (Å²) >= 11 is 1.48. The summed E-state index contributed by atoms with van der Waals surface area (Å²) in [6.45, 7) is 5.47. The van der Waals surface area contributed by atoms with Gasteiger partial charge in [-0.05, 0) is 60.9 Å². The van der Waals surface area contributed by atoms with Crippen LogP contribution in [0.5, 0.6) is 0 Å². The molecule has 148 valence electrons. The van der Waals surface area contributed by atoms with Gasteiger partial charge in [-0.15, -0.1) is 11.8 Å². The van der Waals surface area contributed by atoms with E-state index < -0.39 is 5.25 Å². The quantitative estimate of drug-likeness (QED) is 0.516. The summed E-state index contributed by atoms with van der Waals surface area (Å²) in [5.74, 6) is -0.179. The van der Waals surface area contributed by atoms with Gasteiger partial charge in [0.25, 0.3) is 0 Å². The Hall–Kier alpha value is -3.05. The van der Waals surface area contributed by atoms with Crippen LogP contribution in [0, 0.1) is 13.8 Å². The lowest BCUT2D eigenvalue weighted by molar-refractivity contribution is -0.116. The molecule has 0 radical (unpaired) electrons. The standard InChI is InChI=1S/C24H24N2O2S/c1-16-9-10-17(2)22(15-16)26-24(28)23(19-7-5-4-6-8-19)29-21-13-11-20(12-14-21)25-18(3)27/h4-15,23H,1-3H3,(H,25,27)(H,26,28). The van der Waals surface area contributed by atoms with Crippen molar-refractivity contribution in [3.63, 3.8) is 0 Å². The van der Waals surface area contributed by atoms with Gasteiger partial charge in [0.1, 0.15) is 5.25 Å². The molecular weight excluding hydrogens is 380 g/mol. The fourth-order valence-electron chi connectivity index (χ4n) is 2.93. The van der Waals surface area contributed by atoms with Gasteiger partial charge in [0.2, 0.25) is 11.8 Å². The van der Waals surface area contributed by atoms with Crippen LogP contribution in [0.3, 0.4) is 0 Å². The van der Waals surface area contributed by atoms with Crippen LogP contribution >= 0.6 is 11.8 Å². The second kappa shape index (κ2) is 9.43. The number of anilines is 2. The zero-order chi connectivity index (χ0) is 20.8. The van der Waals surface area contributed by atoms with Crippen LogP contribution in [-0.2, 0) is 9.59 Å². The van der Waals surface area contributed by atoms with Gasteiger partial charge >= 0.3 is 0 Å². The average Bonchev–Trinajstić information content (AvgIpc) is 2.70. The first-order valence-electron chi connectivity index (χ1n) is 9.40. The minimum Gasteiger partial charge on any atom is -0.326 e. The summed E-state index contributed by atoms with van der Waals surface area (Å²) in [6.07, 6.45) is 0. The van der Waals surface area contributed by atoms with Gasteiger partial charge in [0.05, 0.1) is 0 Å². The molecule has 4 nitrogen and oxygen atoms in total. The van der Waals surface area contributed by atoms with Crippen molar-refractivity contribution in [1.29, 1.82) is 0 Å². The molecule has 0 aliphatic rings. The first-order valence-corrected chi connectivity index (χ1v) is 10.3. The highest BCUT2D eigenvalue weighted by atomic mass is 32.2. The third-order valence-electron chi connectivity index (χ3n) is 4.42. The van der Waals surface area contributed by atoms with Gasteiger partial charge in [-0.3, -0.25) is 9.59 Å². The molecule has 3 rings (SSSR count). The topological polar surface area (TPSA) is 58.2 Å². The fourth-order valence-corrected chi connectivity index (χ4v) is 3.95. The molecule has 0 aliphatic heterocycles. The zero-order valence-electron chi connectivity index (χ0n) is 16.7. The second-order valence-corrected chi connectivity index (χ2v) is 8.10. The van der Waals surface area contributed by atoms with E-state index in [1.54, 1.807) is 0 Å². The molecule has 0 aliphatic carbocycles. The Kier molecular flexibility index (Phi) is 6.73. The van der Waals surface area contributed by atoms with E-state index in [1.165, 1.54) is 18.7 Å². The van der Waals surface area contributed by atoms with E-state index in [-0.39, 0.29) is 11.8 Å². The summed E-state index contributed by atoms with van der Waals surface area (Å²) in [7, 11) is 0. The Morgan fingerprint density at radius 1 is 0.862 bits per heavy atom. The molecular formula is C24H24N2O2S. The molecule has 0 aromatic heterocycles. The summed E-state index contributed by atoms with van der Waals surface area (Å²) < 4.78 is 0. The Labute approximate surface area is 175 Å². The van der Waals surface area contributed by atoms with Crippen molar-refractivity contribution in [2.75, 3.05) is 10.6 Å². The summed E-state index contributed by atoms with van der Waals surface area (Å²) in [4.78, 5) is 25.4. The van der Waals surface area contributed by atoms with Crippen LogP contribution in [0.1, 0.15) is 28.9 Å². The van der Waals surface area contributed by atoms with E-state index in [0.717, 1.165) is 33.0 Å². The van der Waals surface area contributed by atoms with Crippen molar-refractivity contribution < 1.29 is 9.59 Å². The lowest BCUT2D eigenvalue weighted by atomic mass is 10.1. The maximum absolute atomic E-state index is 13.2. The van der Waals surface area contributed by atoms with Crippen molar-refractivity contribution in [2.45, 2.75) is 30.9 Å². The van der Waals surface area contributed by atoms with Gasteiger partial charge < -0.3 is 10.6 Å². The smallest absolute Gasteiger partial charge is 0.242 e. The molecule has 0 spiro atoms. The van der Waals surface area contributed by atoms with Crippen molar-refractivity contribution in [1.82, 2.24) is 0 Å². The molecule has 2 amide bonds. The maximum atomic E-state index is 13.2. The van der Waals surface area contributed by atoms with Crippen LogP contribution in [0.15, 0.2) is 77.7 Å². The molecule has 2 N–H and O–H groups in total. The van der Waals surface area contributed by atoms with Crippen molar-refractivity contribution in [3.05, 3.63) is 89.5 Å². The summed E-state index contributed by atoms with van der Waals surface area (Å²) in [5, 5.41) is 5.45. The molecule has 0 fully saturated rings. The average molecular weight is 405 g/mol. The van der Waals surface area contributed by atoms with Crippen molar-refractivity contribution >= 4 is 35.0 Å². The number of hydrogen-bond donors (Lipinski definition) is 2. The van der Waals surface area contributed by atoms with E-state index in [2.05, 4.69) is 10.6 Å². The van der Waals surface area contributed by atoms with Gasteiger partial charge in [0.15, 0.2) is 0 Å². The number of benzene rings is 3. The molecule has 0 bridgehead atoms. The zero-order valence-corrected chi connectivity index (χ0v) is 17.5. The van der Waals surface area contributed by atoms with E-state index in [1.807, 2.05) is 86.6 Å². The number of carbonyl (C=O) groups excluding carboxylic acids is 2. The first kappa shape index (κ1) is 20.7. The Morgan fingerprint density at radius 2 is 1.55 bits per heavy atom. The molecule has 1 unspecified atom stereocenters. The minimum atomic E-state index is -0.400. The maximum Gasteiger partial charge on any atom is 0.242 e. The predicted molar refractivity (Wildman–Crippen MR) is 120 cm³/mol. The number of amides is 2. The molecule has 1 atom stereocenters. The number of aryl methyl sites for hydroxylation is 2. The molecule has 29 heavy (non-hydrogen) atoms. The molecule has 3 aromatic carbocycles. The minimum absolute atomic E-state index is 0.0687. The van der Waals surface area contributed by atoms with Gasteiger partial charge in [0, 0.05) is 23.2 Å². The predicted octanol–water partition coefficient (Wildman–Crippen LogP) is 5.73. The molecule has 0 heterocycles.